The molecule has 0 unspecified atom stereocenters. The van der Waals surface area contributed by atoms with Crippen molar-refractivity contribution in [2.75, 3.05) is 0 Å². The van der Waals surface area contributed by atoms with Crippen LogP contribution in [0.5, 0.6) is 0 Å². The lowest BCUT2D eigenvalue weighted by molar-refractivity contribution is -0.0700. The molecule has 12 bridgehead atoms. The number of hydroxylamine groups is 8. The van der Waals surface area contributed by atoms with E-state index in [4.69, 9.17) is 17.1 Å². The summed E-state index contributed by atoms with van der Waals surface area (Å²) in [5, 5.41) is 5.23. The van der Waals surface area contributed by atoms with Crippen molar-refractivity contribution in [3.8, 4) is 0 Å². The van der Waals surface area contributed by atoms with Crippen LogP contribution in [0.1, 0.15) is 100 Å². The van der Waals surface area contributed by atoms with E-state index in [-0.39, 0.29) is 108 Å². The highest BCUT2D eigenvalue weighted by Crippen LogP contribution is 2.31. The van der Waals surface area contributed by atoms with E-state index in [1.165, 1.54) is 77.4 Å². The van der Waals surface area contributed by atoms with E-state index in [2.05, 4.69) is 0 Å². The van der Waals surface area contributed by atoms with E-state index in [0.29, 0.717) is 66.8 Å². The molecule has 28 heteroatoms. The largest absolute Gasteiger partial charge is 0.313 e. The summed E-state index contributed by atoms with van der Waals surface area (Å²) in [7, 11) is -26.1. The molecule has 0 aromatic heterocycles. The number of benzene rings is 12. The lowest BCUT2D eigenvalue weighted by atomic mass is 10.1. The second-order valence-corrected chi connectivity index (χ2v) is 39.6. The first-order valence-corrected chi connectivity index (χ1v) is 46.4. The highest BCUT2D eigenvalue weighted by molar-refractivity contribution is 7.89. The molecule has 0 saturated carbocycles. The van der Waals surface area contributed by atoms with Gasteiger partial charge in [0.05, 0.1) is 81.7 Å². The van der Waals surface area contributed by atoms with E-state index >= 15 is 0 Å². The van der Waals surface area contributed by atoms with Crippen LogP contribution in [-0.2, 0) is 156 Å². The summed E-state index contributed by atoms with van der Waals surface area (Å²) in [5.41, 5.74) is 12.4. The minimum Gasteiger partial charge on any atom is -0.207 e. The molecule has 0 N–H and O–H groups in total. The molecule has 118 heavy (non-hydrogen) atoms. The van der Waals surface area contributed by atoms with Gasteiger partial charge < -0.3 is 0 Å². The highest BCUT2D eigenvalue weighted by atomic mass is 32.2. The summed E-state index contributed by atoms with van der Waals surface area (Å²) < 4.78 is 199. The van der Waals surface area contributed by atoms with Gasteiger partial charge in [0.1, 0.15) is 0 Å². The maximum Gasteiger partial charge on any atom is 0.313 e. The van der Waals surface area contributed by atoms with E-state index in [0.717, 1.165) is 33.4 Å². The Balaban J connectivity index is 0.856. The average Bonchev–Trinajstić information content (AvgIpc) is 0.800. The first kappa shape index (κ1) is 85.8. The van der Waals surface area contributed by atoms with Crippen molar-refractivity contribution in [1.29, 1.82) is 0 Å². The van der Waals surface area contributed by atoms with Gasteiger partial charge in [-0.05, 0) is 181 Å². The zero-order valence-corrected chi connectivity index (χ0v) is 70.8. The Morgan fingerprint density at radius 1 is 0.169 bits per heavy atom. The van der Waals surface area contributed by atoms with Crippen molar-refractivity contribution >= 4 is 60.5 Å². The summed E-state index contributed by atoms with van der Waals surface area (Å²) in [6.07, 6.45) is 0. The van der Waals surface area contributed by atoms with Crippen molar-refractivity contribution in [3.63, 3.8) is 0 Å². The van der Waals surface area contributed by atoms with Gasteiger partial charge in [-0.3, -0.25) is 0 Å². The molecule has 12 aromatic carbocycles. The van der Waals surface area contributed by atoms with Crippen molar-refractivity contribution in [1.82, 2.24) is 28.9 Å². The van der Waals surface area contributed by atoms with Crippen molar-refractivity contribution in [3.05, 3.63) is 391 Å². The van der Waals surface area contributed by atoms with Gasteiger partial charge in [0.2, 0.25) is 20.0 Å². The Labute approximate surface area is 692 Å². The maximum atomic E-state index is 14.9. The van der Waals surface area contributed by atoms with E-state index in [1.54, 1.807) is 243 Å². The van der Waals surface area contributed by atoms with Crippen molar-refractivity contribution in [2.45, 2.75) is 149 Å². The van der Waals surface area contributed by atoms with Gasteiger partial charge in [0, 0.05) is 26.2 Å². The second kappa shape index (κ2) is 37.1. The van der Waals surface area contributed by atoms with Crippen LogP contribution < -0.4 is 0 Å². The summed E-state index contributed by atoms with van der Waals surface area (Å²) in [4.78, 5) is -0.156. The molecule has 22 rings (SSSR count). The molecule has 0 radical (unpaired) electrons. The van der Waals surface area contributed by atoms with Gasteiger partial charge in [-0.15, -0.1) is 0 Å². The molecular weight excluding hydrogens is 1610 g/mol. The molecule has 22 nitrogen and oxygen atoms in total. The third-order valence-electron chi connectivity index (χ3n) is 19.8. The lowest BCUT2D eigenvalue weighted by Gasteiger charge is -2.25. The van der Waals surface area contributed by atoms with Gasteiger partial charge in [-0.1, -0.05) is 252 Å². The van der Waals surface area contributed by atoms with Crippen LogP contribution in [0.2, 0.25) is 0 Å². The predicted molar refractivity (Wildman–Crippen MR) is 449 cm³/mol. The Morgan fingerprint density at radius 2 is 0.288 bits per heavy atom. The van der Waals surface area contributed by atoms with Crippen molar-refractivity contribution < 1.29 is 67.6 Å². The Morgan fingerprint density at radius 3 is 0.424 bits per heavy atom. The molecule has 10 aliphatic heterocycles. The number of hydrogen-bond acceptors (Lipinski definition) is 20. The zero-order chi connectivity index (χ0) is 83.6. The first-order valence-electron chi connectivity index (χ1n) is 37.9. The molecule has 0 spiro atoms. The van der Waals surface area contributed by atoms with Crippen LogP contribution >= 0.6 is 0 Å². The van der Waals surface area contributed by atoms with Gasteiger partial charge in [-0.25, -0.2) is 16.8 Å². The quantitative estimate of drug-likeness (QED) is 0.0870. The lowest BCUT2D eigenvalue weighted by Crippen LogP contribution is -2.30. The minimum atomic E-state index is -4.42. The summed E-state index contributed by atoms with van der Waals surface area (Å²) in [6, 6.07) is 80.6. The smallest absolute Gasteiger partial charge is 0.207 e. The number of nitrogens with zero attached hydrogens (tertiary/aromatic N) is 6. The van der Waals surface area contributed by atoms with Gasteiger partial charge >= 0.3 is 40.5 Å². The zero-order valence-electron chi connectivity index (χ0n) is 65.9. The standard InChI is InChI=1S/C90H90N6O16S6/c1-67-7-43-85(44-8-67)113(97,98)95-63-81-35-27-77(28-36-81)59-91(109-115(101,102)87-47-11-69(3)12-48-87)55-73-19-23-75(24-20-73)57-93(111-117(105,106)89-51-15-71(5)16-52-89)61-79-31-39-83(40-32-79)65-96(114(99,100)86-45-9-68(2)10-46-86)66-84-41-33-80(34-42-84)62-94(112-118(107,108)90-53-17-72(6)18-54-90)58-76-25-21-74(22-26-76)56-92(60-78-29-37-82(64-95)38-30-78)110-116(103,104)88-49-13-70(4)14-50-88/h7-54H,55-66H2,1-6H3. The summed E-state index contributed by atoms with van der Waals surface area (Å²) >= 11 is 0. The predicted octanol–water partition coefficient (Wildman–Crippen LogP) is 15.9. The molecule has 10 aliphatic rings. The second-order valence-electron chi connectivity index (χ2n) is 29.6. The number of rotatable bonds is 16. The van der Waals surface area contributed by atoms with Crippen LogP contribution in [0.3, 0.4) is 0 Å². The van der Waals surface area contributed by atoms with Crippen LogP contribution in [0.25, 0.3) is 0 Å². The molecule has 0 aliphatic carbocycles. The average molecular weight is 1700 g/mol. The SMILES string of the molecule is Cc1ccc(S(=O)(=O)ON2Cc3ccc(cc3)CN(OS(=O)(=O)c3ccc(C)cc3)Cc3ccc(cc3)CN(S(=O)(=O)c3ccc(C)cc3)Cc3ccc(cc3)CN(OS(=O)(=O)c3ccc(C)cc3)Cc3ccc(cc3)CN(OS(=O)(=O)c3ccc(C)cc3)Cc3ccc(cc3)CN(S(=O)(=O)c3ccc(C)cc3)Cc3ccc(cc3)C2)cc1. The highest BCUT2D eigenvalue weighted by Gasteiger charge is 2.31. The fraction of sp³-hybridized carbons (Fsp3) is 0.200. The molecule has 10 heterocycles. The van der Waals surface area contributed by atoms with Gasteiger partial charge in [-0.2, -0.15) is 79.7 Å². The third-order valence-corrected chi connectivity index (χ3v) is 28.5. The minimum absolute atomic E-state index is 0.0649. The third kappa shape index (κ3) is 22.9. The summed E-state index contributed by atoms with van der Waals surface area (Å²) in [6.45, 7) is 10.2. The summed E-state index contributed by atoms with van der Waals surface area (Å²) in [5.74, 6) is 0. The molecule has 0 saturated heterocycles. The Kier molecular flexibility index (Phi) is 27.0. The molecule has 612 valence electrons. The molecule has 0 atom stereocenters. The number of sulfonamides is 2. The van der Waals surface area contributed by atoms with E-state index in [1.807, 2.05) is 41.5 Å². The fourth-order valence-electron chi connectivity index (χ4n) is 13.1. The van der Waals surface area contributed by atoms with Crippen molar-refractivity contribution in [2.24, 2.45) is 0 Å². The van der Waals surface area contributed by atoms with Gasteiger partial charge in [0.25, 0.3) is 0 Å². The maximum absolute atomic E-state index is 14.9. The van der Waals surface area contributed by atoms with Crippen LogP contribution in [0, 0.1) is 41.5 Å². The van der Waals surface area contributed by atoms with Crippen LogP contribution in [0.4, 0.5) is 0 Å². The number of hydrogen-bond donors (Lipinski definition) is 0. The molecule has 0 fully saturated rings. The van der Waals surface area contributed by atoms with Crippen LogP contribution in [-0.4, -0.2) is 79.4 Å². The first-order chi connectivity index (χ1) is 56.2. The van der Waals surface area contributed by atoms with E-state index in [9.17, 15) is 50.5 Å². The molecule has 0 amide bonds. The Bertz CT molecular complexity index is 5500. The molecular formula is C90H90N6O16S6. The molecule has 12 aromatic rings. The van der Waals surface area contributed by atoms with Gasteiger partial charge in [0.15, 0.2) is 0 Å². The topological polar surface area (TPSA) is 261 Å². The normalized spacial score (nSPS) is 15.3. The van der Waals surface area contributed by atoms with E-state index < -0.39 is 60.5 Å². The fourth-order valence-corrected chi connectivity index (χ4v) is 19.7. The number of aryl methyl sites for hydroxylation is 6. The monoisotopic (exact) mass is 1700 g/mol. The Hall–Kier alpha value is -10.1. The van der Waals surface area contributed by atoms with Crippen LogP contribution in [0.15, 0.2) is 321 Å².